The second kappa shape index (κ2) is 9.57. The van der Waals surface area contributed by atoms with Gasteiger partial charge in [-0.3, -0.25) is 14.3 Å². The maximum absolute atomic E-state index is 9.86. The minimum Gasteiger partial charge on any atom is -0.389 e. The summed E-state index contributed by atoms with van der Waals surface area (Å²) in [6, 6.07) is 8.98. The van der Waals surface area contributed by atoms with E-state index < -0.39 is 12.2 Å². The molecular formula is C27H31N7O2. The molecule has 2 N–H and O–H groups in total. The van der Waals surface area contributed by atoms with E-state index in [1.54, 1.807) is 4.68 Å². The van der Waals surface area contributed by atoms with Gasteiger partial charge >= 0.3 is 0 Å². The van der Waals surface area contributed by atoms with Crippen molar-refractivity contribution in [1.82, 2.24) is 34.4 Å². The molecule has 3 aromatic heterocycles. The number of hydrogen-bond acceptors (Lipinski definition) is 7. The molecule has 2 atom stereocenters. The maximum atomic E-state index is 9.86. The van der Waals surface area contributed by atoms with Crippen LogP contribution in [0, 0.1) is 0 Å². The van der Waals surface area contributed by atoms with E-state index in [1.807, 2.05) is 50.2 Å². The first-order valence-electron chi connectivity index (χ1n) is 12.6. The van der Waals surface area contributed by atoms with E-state index in [0.717, 1.165) is 53.5 Å². The van der Waals surface area contributed by atoms with E-state index in [1.165, 1.54) is 0 Å². The lowest BCUT2D eigenvalue weighted by Crippen LogP contribution is -2.37. The van der Waals surface area contributed by atoms with Crippen LogP contribution in [0.3, 0.4) is 0 Å². The Balaban J connectivity index is 1.11. The molecular weight excluding hydrogens is 454 g/mol. The number of rotatable bonds is 5. The summed E-state index contributed by atoms with van der Waals surface area (Å²) < 4.78 is 3.87. The first kappa shape index (κ1) is 23.0. The molecule has 9 heteroatoms. The predicted molar refractivity (Wildman–Crippen MR) is 136 cm³/mol. The van der Waals surface area contributed by atoms with Crippen LogP contribution in [-0.2, 0) is 7.05 Å². The van der Waals surface area contributed by atoms with Crippen molar-refractivity contribution in [2.75, 3.05) is 13.1 Å². The van der Waals surface area contributed by atoms with Crippen LogP contribution in [0.5, 0.6) is 0 Å². The van der Waals surface area contributed by atoms with Gasteiger partial charge in [0.25, 0.3) is 0 Å². The number of likely N-dealkylation sites (tertiary alicyclic amines) is 1. The van der Waals surface area contributed by atoms with Gasteiger partial charge in [-0.05, 0) is 37.3 Å². The first-order chi connectivity index (χ1) is 17.5. The lowest BCUT2D eigenvalue weighted by molar-refractivity contribution is 0.0572. The summed E-state index contributed by atoms with van der Waals surface area (Å²) in [4.78, 5) is 11.5. The summed E-state index contributed by atoms with van der Waals surface area (Å²) in [6.45, 7) is 1.15. The summed E-state index contributed by atoms with van der Waals surface area (Å²) in [7, 11) is 1.91. The van der Waals surface area contributed by atoms with E-state index in [9.17, 15) is 10.2 Å². The van der Waals surface area contributed by atoms with E-state index in [4.69, 9.17) is 0 Å². The van der Waals surface area contributed by atoms with Crippen molar-refractivity contribution in [1.29, 1.82) is 0 Å². The fourth-order valence-electron chi connectivity index (χ4n) is 5.51. The van der Waals surface area contributed by atoms with Crippen LogP contribution in [0.1, 0.15) is 31.7 Å². The molecule has 1 saturated carbocycles. The smallest absolute Gasteiger partial charge is 0.159 e. The van der Waals surface area contributed by atoms with E-state index in [2.05, 4.69) is 48.1 Å². The Hall–Kier alpha value is -3.40. The maximum Gasteiger partial charge on any atom is 0.159 e. The third-order valence-corrected chi connectivity index (χ3v) is 7.59. The zero-order chi connectivity index (χ0) is 24.6. The second-order valence-corrected chi connectivity index (χ2v) is 10.0. The number of aryl methyl sites for hydroxylation is 1. The SMILES string of the molecule is Cn1cc(-c2cccc(-c3ncc(-c4cnn(C5CCC(N6C[C@H](O)[C@@H](O)C6)CC5)c4)cn3)c2)cn1. The largest absolute Gasteiger partial charge is 0.389 e. The van der Waals surface area contributed by atoms with Gasteiger partial charge in [-0.2, -0.15) is 10.2 Å². The van der Waals surface area contributed by atoms with Gasteiger partial charge in [-0.15, -0.1) is 0 Å². The molecule has 0 unspecified atom stereocenters. The minimum absolute atomic E-state index is 0.364. The number of nitrogens with zero attached hydrogens (tertiary/aromatic N) is 7. The van der Waals surface area contributed by atoms with Gasteiger partial charge in [0.2, 0.25) is 0 Å². The number of aromatic nitrogens is 6. The highest BCUT2D eigenvalue weighted by Crippen LogP contribution is 2.33. The average molecular weight is 486 g/mol. The standard InChI is InChI=1S/C27H31N7O2/c1-32-14-21(12-30-32)18-3-2-4-19(9-18)27-28-10-20(11-29-27)22-13-31-34(15-22)24-7-5-23(6-8-24)33-16-25(35)26(36)17-33/h2-4,9-15,23-26,35-36H,5-8,16-17H2,1H3/t23?,24?,25-,26-/m0/s1. The molecule has 2 fully saturated rings. The monoisotopic (exact) mass is 485 g/mol. The Morgan fingerprint density at radius 1 is 0.722 bits per heavy atom. The number of benzene rings is 1. The summed E-state index contributed by atoms with van der Waals surface area (Å²) in [5, 5.41) is 28.6. The van der Waals surface area contributed by atoms with Crippen molar-refractivity contribution in [3.8, 4) is 33.6 Å². The van der Waals surface area contributed by atoms with Gasteiger partial charge < -0.3 is 10.2 Å². The molecule has 0 radical (unpaired) electrons. The van der Waals surface area contributed by atoms with Gasteiger partial charge in [-0.25, -0.2) is 9.97 Å². The number of aliphatic hydroxyl groups excluding tert-OH is 2. The number of aliphatic hydroxyl groups is 2. The molecule has 4 aromatic rings. The highest BCUT2D eigenvalue weighted by Gasteiger charge is 2.35. The Bertz CT molecular complexity index is 1310. The lowest BCUT2D eigenvalue weighted by Gasteiger charge is -2.34. The fraction of sp³-hybridized carbons (Fsp3) is 0.407. The highest BCUT2D eigenvalue weighted by molar-refractivity contribution is 5.70. The van der Waals surface area contributed by atoms with Crippen molar-refractivity contribution < 1.29 is 10.2 Å². The Labute approximate surface area is 210 Å². The molecule has 0 amide bonds. The molecule has 4 heterocycles. The molecule has 2 aliphatic rings. The van der Waals surface area contributed by atoms with Crippen molar-refractivity contribution in [2.45, 2.75) is 50.0 Å². The second-order valence-electron chi connectivity index (χ2n) is 10.0. The molecule has 186 valence electrons. The Morgan fingerprint density at radius 2 is 1.36 bits per heavy atom. The number of hydrogen-bond donors (Lipinski definition) is 2. The summed E-state index contributed by atoms with van der Waals surface area (Å²) in [5.41, 5.74) is 5.07. The molecule has 6 rings (SSSR count). The van der Waals surface area contributed by atoms with Crippen molar-refractivity contribution in [3.05, 3.63) is 61.4 Å². The molecule has 9 nitrogen and oxygen atoms in total. The van der Waals surface area contributed by atoms with E-state index in [-0.39, 0.29) is 0 Å². The lowest BCUT2D eigenvalue weighted by atomic mass is 9.90. The zero-order valence-corrected chi connectivity index (χ0v) is 20.4. The third kappa shape index (κ3) is 4.57. The molecule has 36 heavy (non-hydrogen) atoms. The summed E-state index contributed by atoms with van der Waals surface area (Å²) in [5.74, 6) is 0.687. The van der Waals surface area contributed by atoms with E-state index in [0.29, 0.717) is 31.0 Å². The van der Waals surface area contributed by atoms with Crippen LogP contribution >= 0.6 is 0 Å². The predicted octanol–water partition coefficient (Wildman–Crippen LogP) is 2.93. The van der Waals surface area contributed by atoms with Crippen molar-refractivity contribution in [3.63, 3.8) is 0 Å². The van der Waals surface area contributed by atoms with Crippen LogP contribution in [0.4, 0.5) is 0 Å². The average Bonchev–Trinajstić information content (AvgIpc) is 3.65. The van der Waals surface area contributed by atoms with Crippen LogP contribution < -0.4 is 0 Å². The molecule has 1 aliphatic heterocycles. The zero-order valence-electron chi connectivity index (χ0n) is 20.4. The summed E-state index contributed by atoms with van der Waals surface area (Å²) in [6.07, 6.45) is 14.5. The third-order valence-electron chi connectivity index (χ3n) is 7.59. The molecule has 1 aliphatic carbocycles. The topological polar surface area (TPSA) is 105 Å². The van der Waals surface area contributed by atoms with Gasteiger partial charge in [0.05, 0.1) is 30.6 Å². The molecule has 1 aromatic carbocycles. The van der Waals surface area contributed by atoms with Crippen LogP contribution in [0.15, 0.2) is 61.4 Å². The van der Waals surface area contributed by atoms with Crippen molar-refractivity contribution in [2.24, 2.45) is 7.05 Å². The van der Waals surface area contributed by atoms with E-state index >= 15 is 0 Å². The Morgan fingerprint density at radius 3 is 2.06 bits per heavy atom. The minimum atomic E-state index is -0.616. The van der Waals surface area contributed by atoms with Crippen LogP contribution in [0.25, 0.3) is 33.6 Å². The van der Waals surface area contributed by atoms with Gasteiger partial charge in [0, 0.05) is 73.2 Å². The van der Waals surface area contributed by atoms with Crippen molar-refractivity contribution >= 4 is 0 Å². The van der Waals surface area contributed by atoms with Crippen LogP contribution in [-0.4, -0.2) is 76.0 Å². The summed E-state index contributed by atoms with van der Waals surface area (Å²) >= 11 is 0. The highest BCUT2D eigenvalue weighted by atomic mass is 16.3. The van der Waals surface area contributed by atoms with Gasteiger partial charge in [0.15, 0.2) is 5.82 Å². The molecule has 1 saturated heterocycles. The normalized spacial score (nSPS) is 24.9. The van der Waals surface area contributed by atoms with Gasteiger partial charge in [0.1, 0.15) is 0 Å². The van der Waals surface area contributed by atoms with Crippen LogP contribution in [0.2, 0.25) is 0 Å². The van der Waals surface area contributed by atoms with Gasteiger partial charge in [-0.1, -0.05) is 18.2 Å². The number of β-amino-alcohol motifs (C(OH)–C–C–N with tert-alkyl or cyclic N) is 2. The quantitative estimate of drug-likeness (QED) is 0.448. The first-order valence-corrected chi connectivity index (χ1v) is 12.6. The molecule has 0 spiro atoms. The molecule has 0 bridgehead atoms. The fourth-order valence-corrected chi connectivity index (χ4v) is 5.51. The Kier molecular flexibility index (Phi) is 6.12.